The number of piperazine rings is 1. The van der Waals surface area contributed by atoms with E-state index in [4.69, 9.17) is 0 Å². The van der Waals surface area contributed by atoms with Crippen molar-refractivity contribution in [2.45, 2.75) is 31.6 Å². The highest BCUT2D eigenvalue weighted by atomic mass is 19.4. The number of carbonyl (C=O) groups excluding carboxylic acids is 2. The lowest BCUT2D eigenvalue weighted by Crippen LogP contribution is -2.52. The van der Waals surface area contributed by atoms with Crippen LogP contribution in [0, 0.1) is 5.92 Å². The number of allylic oxidation sites excluding steroid dienone is 2. The van der Waals surface area contributed by atoms with Gasteiger partial charge < -0.3 is 0 Å². The zero-order valence-electron chi connectivity index (χ0n) is 19.1. The molecule has 0 saturated carbocycles. The molecule has 2 aliphatic rings. The average molecular weight is 511 g/mol. The first kappa shape index (κ1) is 25.9. The van der Waals surface area contributed by atoms with Crippen molar-refractivity contribution in [1.29, 1.82) is 0 Å². The van der Waals surface area contributed by atoms with Gasteiger partial charge in [-0.3, -0.25) is 19.4 Å². The molecule has 1 aliphatic carbocycles. The first-order chi connectivity index (χ1) is 16.9. The van der Waals surface area contributed by atoms with E-state index in [1.807, 2.05) is 0 Å². The van der Waals surface area contributed by atoms with Crippen LogP contribution in [-0.4, -0.2) is 47.8 Å². The van der Waals surface area contributed by atoms with E-state index < -0.39 is 23.5 Å². The van der Waals surface area contributed by atoms with Gasteiger partial charge in [0.05, 0.1) is 24.2 Å². The van der Waals surface area contributed by atoms with E-state index in [2.05, 4.69) is 4.98 Å². The highest BCUT2D eigenvalue weighted by Gasteiger charge is 2.33. The normalized spacial score (nSPS) is 19.8. The predicted octanol–water partition coefficient (Wildman–Crippen LogP) is 5.22. The Morgan fingerprint density at radius 1 is 1.00 bits per heavy atom. The van der Waals surface area contributed by atoms with Crippen molar-refractivity contribution in [3.63, 3.8) is 0 Å². The number of hydrogen-bond donors (Lipinski definition) is 0. The molecule has 36 heavy (non-hydrogen) atoms. The zero-order chi connectivity index (χ0) is 26.1. The summed E-state index contributed by atoms with van der Waals surface area (Å²) in [6, 6.07) is 7.15. The second kappa shape index (κ2) is 10.0. The molecule has 2 heterocycles. The number of pyridine rings is 1. The number of carbonyl (C=O) groups is 2. The van der Waals surface area contributed by atoms with E-state index in [-0.39, 0.29) is 43.1 Å². The fraction of sp³-hybridized carbons (Fsp3) is 0.400. The molecular formula is C25H23F6N3O2. The van der Waals surface area contributed by atoms with Crippen LogP contribution in [-0.2, 0) is 21.9 Å². The number of ketones is 1. The van der Waals surface area contributed by atoms with Crippen molar-refractivity contribution >= 4 is 23.1 Å². The Morgan fingerprint density at radius 3 is 2.33 bits per heavy atom. The van der Waals surface area contributed by atoms with Crippen LogP contribution < -0.4 is 4.90 Å². The lowest BCUT2D eigenvalue weighted by molar-refractivity contribution is -0.138. The van der Waals surface area contributed by atoms with Crippen LogP contribution in [0.15, 0.2) is 48.7 Å². The summed E-state index contributed by atoms with van der Waals surface area (Å²) < 4.78 is 77.2. The molecule has 2 aromatic rings. The Morgan fingerprint density at radius 2 is 1.75 bits per heavy atom. The Kier molecular flexibility index (Phi) is 7.21. The molecule has 5 nitrogen and oxygen atoms in total. The summed E-state index contributed by atoms with van der Waals surface area (Å²) in [7, 11) is 0. The number of benzene rings is 1. The second-order valence-electron chi connectivity index (χ2n) is 8.90. The number of anilines is 1. The molecule has 1 amide bonds. The van der Waals surface area contributed by atoms with Crippen molar-refractivity contribution in [1.82, 2.24) is 9.88 Å². The van der Waals surface area contributed by atoms with Gasteiger partial charge in [0.2, 0.25) is 5.91 Å². The van der Waals surface area contributed by atoms with E-state index in [1.165, 1.54) is 11.0 Å². The molecule has 0 N–H and O–H groups in total. The summed E-state index contributed by atoms with van der Waals surface area (Å²) in [5.74, 6) is -0.581. The molecule has 0 spiro atoms. The maximum atomic E-state index is 13.0. The Hall–Kier alpha value is -3.21. The predicted molar refractivity (Wildman–Crippen MR) is 120 cm³/mol. The van der Waals surface area contributed by atoms with Crippen LogP contribution >= 0.6 is 0 Å². The number of hydrogen-bond acceptors (Lipinski definition) is 4. The summed E-state index contributed by atoms with van der Waals surface area (Å²) in [4.78, 5) is 32.1. The lowest BCUT2D eigenvalue weighted by atomic mass is 9.84. The lowest BCUT2D eigenvalue weighted by Gasteiger charge is -2.34. The van der Waals surface area contributed by atoms with Gasteiger partial charge in [0.15, 0.2) is 0 Å². The Labute approximate surface area is 203 Å². The Bertz CT molecular complexity index is 1160. The molecule has 192 valence electrons. The number of nitrogens with zero attached hydrogens (tertiary/aromatic N) is 3. The van der Waals surface area contributed by atoms with Gasteiger partial charge in [0, 0.05) is 25.2 Å². The molecule has 11 heteroatoms. The van der Waals surface area contributed by atoms with Gasteiger partial charge in [0.25, 0.3) is 0 Å². The van der Waals surface area contributed by atoms with E-state index in [9.17, 15) is 35.9 Å². The highest BCUT2D eigenvalue weighted by Crippen LogP contribution is 2.35. The third kappa shape index (κ3) is 5.95. The second-order valence-corrected chi connectivity index (χ2v) is 8.90. The SMILES string of the molecule is O=C(CN1CCN(c2ccc(C(F)(F)F)cn2)C(=O)C1)C1CC=C(c2cccc(C(F)(F)F)c2)CC1. The number of aromatic nitrogens is 1. The minimum absolute atomic E-state index is 0.0525. The van der Waals surface area contributed by atoms with Crippen LogP contribution in [0.5, 0.6) is 0 Å². The van der Waals surface area contributed by atoms with Crippen LogP contribution in [0.2, 0.25) is 0 Å². The maximum absolute atomic E-state index is 13.0. The first-order valence-electron chi connectivity index (χ1n) is 11.4. The molecule has 1 atom stereocenters. The molecule has 1 unspecified atom stereocenters. The number of halogens is 6. The number of amides is 1. The standard InChI is InChI=1S/C25H23F6N3O2/c26-24(27,28)19-3-1-2-18(12-19)16-4-6-17(7-5-16)21(35)14-33-10-11-34(23(36)15-33)22-9-8-20(13-32-22)25(29,30)31/h1-4,8-9,12-13,17H,5-7,10-11,14-15H2. The zero-order valence-corrected chi connectivity index (χ0v) is 19.1. The van der Waals surface area contributed by atoms with Gasteiger partial charge in [-0.25, -0.2) is 4.98 Å². The average Bonchev–Trinajstić information content (AvgIpc) is 2.83. The van der Waals surface area contributed by atoms with E-state index >= 15 is 0 Å². The van der Waals surface area contributed by atoms with Gasteiger partial charge in [-0.05, 0) is 54.7 Å². The van der Waals surface area contributed by atoms with Crippen LogP contribution in [0.3, 0.4) is 0 Å². The van der Waals surface area contributed by atoms with Gasteiger partial charge in [-0.1, -0.05) is 18.2 Å². The summed E-state index contributed by atoms with van der Waals surface area (Å²) in [6.45, 7) is 0.539. The van der Waals surface area contributed by atoms with Gasteiger partial charge in [-0.2, -0.15) is 26.3 Å². The third-order valence-electron chi connectivity index (χ3n) is 6.46. The fourth-order valence-electron chi connectivity index (χ4n) is 4.45. The number of alkyl halides is 6. The minimum Gasteiger partial charge on any atom is -0.298 e. The van der Waals surface area contributed by atoms with Gasteiger partial charge in [-0.15, -0.1) is 0 Å². The fourth-order valence-corrected chi connectivity index (χ4v) is 4.45. The van der Waals surface area contributed by atoms with E-state index in [0.29, 0.717) is 37.6 Å². The highest BCUT2D eigenvalue weighted by molar-refractivity contribution is 5.95. The smallest absolute Gasteiger partial charge is 0.298 e. The monoisotopic (exact) mass is 511 g/mol. The largest absolute Gasteiger partial charge is 0.417 e. The molecular weight excluding hydrogens is 488 g/mol. The topological polar surface area (TPSA) is 53.5 Å². The van der Waals surface area contributed by atoms with Crippen LogP contribution in [0.4, 0.5) is 32.2 Å². The summed E-state index contributed by atoms with van der Waals surface area (Å²) in [6.07, 6.45) is -5.06. The number of rotatable bonds is 5. The first-order valence-corrected chi connectivity index (χ1v) is 11.4. The summed E-state index contributed by atoms with van der Waals surface area (Å²) in [5, 5.41) is 0. The van der Waals surface area contributed by atoms with E-state index in [0.717, 1.165) is 29.8 Å². The summed E-state index contributed by atoms with van der Waals surface area (Å²) >= 11 is 0. The molecule has 1 aromatic carbocycles. The molecule has 1 saturated heterocycles. The van der Waals surface area contributed by atoms with Crippen molar-refractivity contribution < 1.29 is 35.9 Å². The molecule has 0 bridgehead atoms. The third-order valence-corrected chi connectivity index (χ3v) is 6.46. The van der Waals surface area contributed by atoms with Crippen molar-refractivity contribution in [3.05, 3.63) is 65.4 Å². The quantitative estimate of drug-likeness (QED) is 0.517. The molecule has 1 fully saturated rings. The van der Waals surface area contributed by atoms with E-state index in [1.54, 1.807) is 17.0 Å². The Balaban J connectivity index is 1.31. The summed E-state index contributed by atoms with van der Waals surface area (Å²) in [5.41, 5.74) is -0.345. The number of Topliss-reactive ketones (excluding diaryl/α,β-unsaturated/α-hetero) is 1. The molecule has 4 rings (SSSR count). The van der Waals surface area contributed by atoms with Gasteiger partial charge >= 0.3 is 12.4 Å². The van der Waals surface area contributed by atoms with Crippen LogP contribution in [0.1, 0.15) is 36.0 Å². The molecule has 1 aromatic heterocycles. The minimum atomic E-state index is -4.52. The van der Waals surface area contributed by atoms with Crippen LogP contribution in [0.25, 0.3) is 5.57 Å². The molecule has 1 aliphatic heterocycles. The maximum Gasteiger partial charge on any atom is 0.417 e. The van der Waals surface area contributed by atoms with Gasteiger partial charge in [0.1, 0.15) is 11.6 Å². The van der Waals surface area contributed by atoms with Crippen molar-refractivity contribution in [3.8, 4) is 0 Å². The molecule has 0 radical (unpaired) electrons. The van der Waals surface area contributed by atoms with Crippen molar-refractivity contribution in [2.75, 3.05) is 31.1 Å². The van der Waals surface area contributed by atoms with Crippen molar-refractivity contribution in [2.24, 2.45) is 5.92 Å².